The minimum absolute atomic E-state index is 0.0324. The van der Waals surface area contributed by atoms with E-state index in [1.54, 1.807) is 42.5 Å². The van der Waals surface area contributed by atoms with E-state index in [1.165, 1.54) is 11.2 Å². The molecule has 0 atom stereocenters. The Labute approximate surface area is 184 Å². The van der Waals surface area contributed by atoms with Gasteiger partial charge in [0.15, 0.2) is 6.61 Å². The molecule has 0 radical (unpaired) electrons. The van der Waals surface area contributed by atoms with Crippen molar-refractivity contribution in [1.82, 2.24) is 0 Å². The molecule has 8 heteroatoms. The summed E-state index contributed by atoms with van der Waals surface area (Å²) in [5.41, 5.74) is 1.01. The lowest BCUT2D eigenvalue weighted by molar-refractivity contribution is -0.121. The quantitative estimate of drug-likeness (QED) is 0.453. The lowest BCUT2D eigenvalue weighted by Gasteiger charge is -2.21. The molecule has 0 saturated heterocycles. The summed E-state index contributed by atoms with van der Waals surface area (Å²) in [6, 6.07) is 19.4. The molecule has 31 heavy (non-hydrogen) atoms. The number of carbonyl (C=O) groups excluding carboxylic acids is 2. The molecule has 0 spiro atoms. The summed E-state index contributed by atoms with van der Waals surface area (Å²) in [7, 11) is 0. The summed E-state index contributed by atoms with van der Waals surface area (Å²) in [6.45, 7) is -0.268. The van der Waals surface area contributed by atoms with Gasteiger partial charge in [-0.05, 0) is 36.4 Å². The maximum atomic E-state index is 12.7. The first-order valence-corrected chi connectivity index (χ1v) is 9.80. The Morgan fingerprint density at radius 3 is 2.65 bits per heavy atom. The Morgan fingerprint density at radius 1 is 1.10 bits per heavy atom. The number of furan rings is 1. The number of esters is 1. The largest absolute Gasteiger partial charge is 0.489 e. The molecule has 1 amide bonds. The van der Waals surface area contributed by atoms with E-state index in [4.69, 9.17) is 30.8 Å². The number of hydrogen-bond acceptors (Lipinski definition) is 6. The number of halogens is 1. The topological polar surface area (TPSA) is 92.8 Å². The van der Waals surface area contributed by atoms with Crippen molar-refractivity contribution in [3.8, 4) is 11.8 Å². The van der Waals surface area contributed by atoms with E-state index in [2.05, 4.69) is 0 Å². The number of amides is 1. The van der Waals surface area contributed by atoms with Gasteiger partial charge in [-0.1, -0.05) is 35.9 Å². The molecule has 0 N–H and O–H groups in total. The van der Waals surface area contributed by atoms with E-state index in [9.17, 15) is 9.59 Å². The molecule has 0 fully saturated rings. The normalized spacial score (nSPS) is 10.2. The zero-order valence-electron chi connectivity index (χ0n) is 16.5. The third kappa shape index (κ3) is 6.11. The Hall–Kier alpha value is -3.76. The van der Waals surface area contributed by atoms with E-state index in [1.807, 2.05) is 24.3 Å². The first-order valence-electron chi connectivity index (χ1n) is 9.42. The van der Waals surface area contributed by atoms with Crippen LogP contribution in [0.4, 0.5) is 5.69 Å². The number of ether oxygens (including phenoxy) is 2. The summed E-state index contributed by atoms with van der Waals surface area (Å²) >= 11 is 6.00. The second kappa shape index (κ2) is 10.9. The average molecular weight is 439 g/mol. The Morgan fingerprint density at radius 2 is 1.90 bits per heavy atom. The molecule has 0 unspecified atom stereocenters. The van der Waals surface area contributed by atoms with E-state index in [0.717, 1.165) is 0 Å². The summed E-state index contributed by atoms with van der Waals surface area (Å²) in [6.07, 6.45) is 1.47. The Bertz CT molecular complexity index is 1070. The van der Waals surface area contributed by atoms with E-state index < -0.39 is 18.5 Å². The maximum Gasteiger partial charge on any atom is 0.375 e. The van der Waals surface area contributed by atoms with Gasteiger partial charge in [0.2, 0.25) is 5.76 Å². The van der Waals surface area contributed by atoms with Gasteiger partial charge in [0, 0.05) is 22.8 Å². The van der Waals surface area contributed by atoms with Crippen molar-refractivity contribution in [3.05, 3.63) is 83.3 Å². The standard InChI is InChI=1S/C23H19ClN2O5/c24-18-6-4-7-19(14-18)26(12-5-11-25)21(27)16-31-23(28)22-17(10-13-29-22)15-30-20-8-2-1-3-9-20/h1-4,6-10,13-14H,5,12,15-16H2. The fraction of sp³-hybridized carbons (Fsp3) is 0.174. The van der Waals surface area contributed by atoms with Crippen LogP contribution in [0.15, 0.2) is 71.3 Å². The molecule has 0 aliphatic heterocycles. The summed E-state index contributed by atoms with van der Waals surface area (Å²) in [5, 5.41) is 9.33. The smallest absolute Gasteiger partial charge is 0.375 e. The van der Waals surface area contributed by atoms with E-state index in [-0.39, 0.29) is 25.3 Å². The maximum absolute atomic E-state index is 12.7. The monoisotopic (exact) mass is 438 g/mol. The van der Waals surface area contributed by atoms with Gasteiger partial charge >= 0.3 is 5.97 Å². The van der Waals surface area contributed by atoms with Gasteiger partial charge < -0.3 is 18.8 Å². The number of nitriles is 1. The van der Waals surface area contributed by atoms with Gasteiger partial charge in [-0.15, -0.1) is 0 Å². The fourth-order valence-electron chi connectivity index (χ4n) is 2.78. The minimum atomic E-state index is -0.781. The van der Waals surface area contributed by atoms with Gasteiger partial charge in [-0.25, -0.2) is 4.79 Å². The van der Waals surface area contributed by atoms with E-state index >= 15 is 0 Å². The number of anilines is 1. The van der Waals surface area contributed by atoms with Crippen molar-refractivity contribution in [1.29, 1.82) is 5.26 Å². The highest BCUT2D eigenvalue weighted by Crippen LogP contribution is 2.21. The van der Waals surface area contributed by atoms with Gasteiger partial charge in [0.05, 0.1) is 18.8 Å². The fourth-order valence-corrected chi connectivity index (χ4v) is 2.97. The van der Waals surface area contributed by atoms with Crippen molar-refractivity contribution in [3.63, 3.8) is 0 Å². The molecule has 1 aromatic heterocycles. The van der Waals surface area contributed by atoms with Crippen molar-refractivity contribution in [2.24, 2.45) is 0 Å². The molecular weight excluding hydrogens is 420 g/mol. The number of para-hydroxylation sites is 1. The molecule has 0 bridgehead atoms. The number of benzene rings is 2. The lowest BCUT2D eigenvalue weighted by atomic mass is 10.2. The highest BCUT2D eigenvalue weighted by molar-refractivity contribution is 6.30. The lowest BCUT2D eigenvalue weighted by Crippen LogP contribution is -2.35. The molecule has 0 saturated carbocycles. The van der Waals surface area contributed by atoms with Crippen LogP contribution in [0.5, 0.6) is 5.75 Å². The summed E-state index contributed by atoms with van der Waals surface area (Å²) < 4.78 is 16.0. The molecule has 7 nitrogen and oxygen atoms in total. The molecular formula is C23H19ClN2O5. The van der Waals surface area contributed by atoms with Crippen molar-refractivity contribution >= 4 is 29.2 Å². The SMILES string of the molecule is N#CCCN(C(=O)COC(=O)c1occc1COc1ccccc1)c1cccc(Cl)c1. The number of hydrogen-bond donors (Lipinski definition) is 0. The zero-order valence-corrected chi connectivity index (χ0v) is 17.2. The molecule has 0 aliphatic carbocycles. The third-order valence-corrected chi connectivity index (χ3v) is 4.50. The first kappa shape index (κ1) is 21.9. The van der Waals surface area contributed by atoms with Crippen LogP contribution < -0.4 is 9.64 Å². The zero-order chi connectivity index (χ0) is 22.1. The molecule has 2 aromatic carbocycles. The van der Waals surface area contributed by atoms with Crippen molar-refractivity contribution in [2.75, 3.05) is 18.1 Å². The predicted octanol–water partition coefficient (Wildman–Crippen LogP) is 4.62. The number of rotatable bonds is 9. The van der Waals surface area contributed by atoms with E-state index in [0.29, 0.717) is 22.0 Å². The second-order valence-electron chi connectivity index (χ2n) is 6.39. The Kier molecular flexibility index (Phi) is 7.68. The van der Waals surface area contributed by atoms with Crippen LogP contribution in [0, 0.1) is 11.3 Å². The van der Waals surface area contributed by atoms with Crippen LogP contribution >= 0.6 is 11.6 Å². The second-order valence-corrected chi connectivity index (χ2v) is 6.82. The van der Waals surface area contributed by atoms with Gasteiger partial charge in [-0.2, -0.15) is 5.26 Å². The third-order valence-electron chi connectivity index (χ3n) is 4.26. The number of carbonyl (C=O) groups is 2. The van der Waals surface area contributed by atoms with Crippen LogP contribution in [0.3, 0.4) is 0 Å². The number of nitrogens with zero attached hydrogens (tertiary/aromatic N) is 2. The van der Waals surface area contributed by atoms with Crippen LogP contribution in [-0.2, 0) is 16.1 Å². The molecule has 1 heterocycles. The summed E-state index contributed by atoms with van der Waals surface area (Å²) in [4.78, 5) is 26.5. The Balaban J connectivity index is 1.62. The van der Waals surface area contributed by atoms with Gasteiger partial charge in [0.1, 0.15) is 12.4 Å². The van der Waals surface area contributed by atoms with Crippen molar-refractivity contribution in [2.45, 2.75) is 13.0 Å². The van der Waals surface area contributed by atoms with Crippen LogP contribution in [0.25, 0.3) is 0 Å². The molecule has 3 rings (SSSR count). The van der Waals surface area contributed by atoms with Gasteiger partial charge in [0.25, 0.3) is 5.91 Å². The van der Waals surface area contributed by atoms with Gasteiger partial charge in [-0.3, -0.25) is 4.79 Å². The minimum Gasteiger partial charge on any atom is -0.489 e. The highest BCUT2D eigenvalue weighted by atomic mass is 35.5. The molecule has 158 valence electrons. The average Bonchev–Trinajstić information content (AvgIpc) is 3.26. The van der Waals surface area contributed by atoms with Crippen LogP contribution in [0.1, 0.15) is 22.5 Å². The molecule has 0 aliphatic rings. The first-order chi connectivity index (χ1) is 15.1. The molecule has 3 aromatic rings. The van der Waals surface area contributed by atoms with Crippen molar-refractivity contribution < 1.29 is 23.5 Å². The summed E-state index contributed by atoms with van der Waals surface area (Å²) in [5.74, 6) is -0.654. The predicted molar refractivity (Wildman–Crippen MR) is 114 cm³/mol. The van der Waals surface area contributed by atoms with Crippen LogP contribution in [-0.4, -0.2) is 25.0 Å². The highest BCUT2D eigenvalue weighted by Gasteiger charge is 2.22. The van der Waals surface area contributed by atoms with Crippen LogP contribution in [0.2, 0.25) is 5.02 Å².